The summed E-state index contributed by atoms with van der Waals surface area (Å²) in [6, 6.07) is 7.56. The molecule has 1 aromatic carbocycles. The Bertz CT molecular complexity index is 659. The van der Waals surface area contributed by atoms with E-state index in [9.17, 15) is 9.59 Å². The second-order valence-electron chi connectivity index (χ2n) is 4.52. The van der Waals surface area contributed by atoms with Crippen LogP contribution in [-0.2, 0) is 21.3 Å². The van der Waals surface area contributed by atoms with Gasteiger partial charge in [-0.25, -0.2) is 9.59 Å². The molecule has 1 unspecified atom stereocenters. The van der Waals surface area contributed by atoms with Crippen LogP contribution in [-0.4, -0.2) is 29.2 Å². The quantitative estimate of drug-likeness (QED) is 0.769. The zero-order chi connectivity index (χ0) is 13.4. The molecule has 1 saturated heterocycles. The molecule has 0 radical (unpaired) electrons. The van der Waals surface area contributed by atoms with Gasteiger partial charge in [0.2, 0.25) is 6.10 Å². The Kier molecular flexibility index (Phi) is 2.74. The molecule has 0 amide bonds. The fourth-order valence-electron chi connectivity index (χ4n) is 2.28. The van der Waals surface area contributed by atoms with Gasteiger partial charge in [0, 0.05) is 30.6 Å². The van der Waals surface area contributed by atoms with Crippen LogP contribution >= 0.6 is 0 Å². The van der Waals surface area contributed by atoms with E-state index in [2.05, 4.69) is 0 Å². The van der Waals surface area contributed by atoms with Crippen LogP contribution < -0.4 is 0 Å². The van der Waals surface area contributed by atoms with E-state index in [0.717, 1.165) is 10.9 Å². The lowest BCUT2D eigenvalue weighted by molar-refractivity contribution is -0.145. The summed E-state index contributed by atoms with van der Waals surface area (Å²) >= 11 is 0. The first-order valence-corrected chi connectivity index (χ1v) is 6.08. The summed E-state index contributed by atoms with van der Waals surface area (Å²) in [5.41, 5.74) is 1.42. The van der Waals surface area contributed by atoms with Crippen molar-refractivity contribution in [2.24, 2.45) is 7.05 Å². The smallest absolute Gasteiger partial charge is 0.347 e. The first kappa shape index (κ1) is 11.8. The van der Waals surface area contributed by atoms with Crippen molar-refractivity contribution < 1.29 is 19.1 Å². The second kappa shape index (κ2) is 4.42. The summed E-state index contributed by atoms with van der Waals surface area (Å²) in [5.74, 6) is -0.950. The van der Waals surface area contributed by atoms with Crippen molar-refractivity contribution in [2.45, 2.75) is 12.5 Å². The SMILES string of the molecule is Cn1cc(C(=O)OC2CCOC2=O)c2ccccc21. The maximum Gasteiger partial charge on any atom is 0.347 e. The highest BCUT2D eigenvalue weighted by Crippen LogP contribution is 2.22. The molecular formula is C14H13NO4. The predicted molar refractivity (Wildman–Crippen MR) is 67.7 cm³/mol. The number of carbonyl (C=O) groups is 2. The number of ether oxygens (including phenoxy) is 2. The van der Waals surface area contributed by atoms with Gasteiger partial charge in [0.25, 0.3) is 0 Å². The molecule has 0 spiro atoms. The monoisotopic (exact) mass is 259 g/mol. The number of hydrogen-bond acceptors (Lipinski definition) is 4. The number of carbonyl (C=O) groups excluding carboxylic acids is 2. The summed E-state index contributed by atoms with van der Waals surface area (Å²) in [5, 5.41) is 0.821. The minimum atomic E-state index is -0.772. The highest BCUT2D eigenvalue weighted by molar-refractivity contribution is 6.05. The summed E-state index contributed by atoms with van der Waals surface area (Å²) < 4.78 is 11.8. The van der Waals surface area contributed by atoms with E-state index in [1.165, 1.54) is 0 Å². The first-order chi connectivity index (χ1) is 9.16. The second-order valence-corrected chi connectivity index (χ2v) is 4.52. The molecule has 3 rings (SSSR count). The highest BCUT2D eigenvalue weighted by atomic mass is 16.6. The Labute approximate surface area is 109 Å². The molecule has 19 heavy (non-hydrogen) atoms. The first-order valence-electron chi connectivity index (χ1n) is 6.08. The molecule has 98 valence electrons. The summed E-state index contributed by atoms with van der Waals surface area (Å²) in [4.78, 5) is 23.4. The van der Waals surface area contributed by atoms with Crippen LogP contribution in [0.4, 0.5) is 0 Å². The Morgan fingerprint density at radius 2 is 2.21 bits per heavy atom. The van der Waals surface area contributed by atoms with E-state index in [1.807, 2.05) is 35.9 Å². The van der Waals surface area contributed by atoms with Crippen LogP contribution in [0.1, 0.15) is 16.8 Å². The molecule has 0 aliphatic carbocycles. The summed E-state index contributed by atoms with van der Waals surface area (Å²) in [7, 11) is 1.86. The molecule has 5 nitrogen and oxygen atoms in total. The van der Waals surface area contributed by atoms with Gasteiger partial charge in [-0.1, -0.05) is 18.2 Å². The minimum absolute atomic E-state index is 0.312. The van der Waals surface area contributed by atoms with Gasteiger partial charge in [0.05, 0.1) is 12.2 Å². The van der Waals surface area contributed by atoms with Crippen molar-refractivity contribution in [2.75, 3.05) is 6.61 Å². The van der Waals surface area contributed by atoms with E-state index in [4.69, 9.17) is 9.47 Å². The van der Waals surface area contributed by atoms with Gasteiger partial charge in [0.15, 0.2) is 0 Å². The normalized spacial score (nSPS) is 18.6. The Hall–Kier alpha value is -2.30. The van der Waals surface area contributed by atoms with E-state index >= 15 is 0 Å². The number of hydrogen-bond donors (Lipinski definition) is 0. The molecule has 1 aliphatic rings. The highest BCUT2D eigenvalue weighted by Gasteiger charge is 2.31. The van der Waals surface area contributed by atoms with Crippen LogP contribution in [0.5, 0.6) is 0 Å². The van der Waals surface area contributed by atoms with Crippen molar-refractivity contribution in [1.82, 2.24) is 4.57 Å². The zero-order valence-electron chi connectivity index (χ0n) is 10.5. The molecule has 1 atom stereocenters. The largest absolute Gasteiger partial charge is 0.463 e. The fraction of sp³-hybridized carbons (Fsp3) is 0.286. The molecule has 1 fully saturated rings. The molecule has 2 aromatic rings. The van der Waals surface area contributed by atoms with Crippen molar-refractivity contribution >= 4 is 22.8 Å². The number of fused-ring (bicyclic) bond motifs is 1. The van der Waals surface area contributed by atoms with Gasteiger partial charge in [-0.3, -0.25) is 0 Å². The minimum Gasteiger partial charge on any atom is -0.463 e. The third-order valence-electron chi connectivity index (χ3n) is 3.25. The molecule has 1 aliphatic heterocycles. The Morgan fingerprint density at radius 1 is 1.42 bits per heavy atom. The van der Waals surface area contributed by atoms with Crippen LogP contribution in [0, 0.1) is 0 Å². The Morgan fingerprint density at radius 3 is 2.95 bits per heavy atom. The van der Waals surface area contributed by atoms with E-state index < -0.39 is 18.0 Å². The number of benzene rings is 1. The lowest BCUT2D eigenvalue weighted by Crippen LogP contribution is -2.22. The molecule has 0 N–H and O–H groups in total. The van der Waals surface area contributed by atoms with Gasteiger partial charge >= 0.3 is 11.9 Å². The van der Waals surface area contributed by atoms with Crippen molar-refractivity contribution in [3.63, 3.8) is 0 Å². The third-order valence-corrected chi connectivity index (χ3v) is 3.25. The van der Waals surface area contributed by atoms with Gasteiger partial charge in [0.1, 0.15) is 0 Å². The molecule has 1 aromatic heterocycles. The Balaban J connectivity index is 1.91. The topological polar surface area (TPSA) is 57.5 Å². The summed E-state index contributed by atoms with van der Waals surface area (Å²) in [6.07, 6.45) is 1.37. The zero-order valence-corrected chi connectivity index (χ0v) is 10.5. The van der Waals surface area contributed by atoms with Crippen LogP contribution in [0.15, 0.2) is 30.5 Å². The lowest BCUT2D eigenvalue weighted by atomic mass is 10.2. The number of rotatable bonds is 2. The average Bonchev–Trinajstić information content (AvgIpc) is 2.95. The van der Waals surface area contributed by atoms with Crippen LogP contribution in [0.3, 0.4) is 0 Å². The maximum absolute atomic E-state index is 12.1. The van der Waals surface area contributed by atoms with Crippen molar-refractivity contribution in [3.8, 4) is 0 Å². The number of nitrogens with zero attached hydrogens (tertiary/aromatic N) is 1. The number of para-hydroxylation sites is 1. The number of cyclic esters (lactones) is 1. The predicted octanol–water partition coefficient (Wildman–Crippen LogP) is 1.65. The van der Waals surface area contributed by atoms with Gasteiger partial charge < -0.3 is 14.0 Å². The maximum atomic E-state index is 12.1. The van der Waals surface area contributed by atoms with Gasteiger partial charge in [-0.05, 0) is 6.07 Å². The molecule has 2 heterocycles. The van der Waals surface area contributed by atoms with Gasteiger partial charge in [-0.15, -0.1) is 0 Å². The van der Waals surface area contributed by atoms with Crippen molar-refractivity contribution in [3.05, 3.63) is 36.0 Å². The van der Waals surface area contributed by atoms with E-state index in [0.29, 0.717) is 18.6 Å². The number of aromatic nitrogens is 1. The molecular weight excluding hydrogens is 246 g/mol. The van der Waals surface area contributed by atoms with Gasteiger partial charge in [-0.2, -0.15) is 0 Å². The summed E-state index contributed by atoms with van der Waals surface area (Å²) in [6.45, 7) is 0.312. The van der Waals surface area contributed by atoms with Crippen molar-refractivity contribution in [1.29, 1.82) is 0 Å². The standard InChI is InChI=1S/C14H13NO4/c1-15-8-10(9-4-2-3-5-11(9)15)13(16)19-12-6-7-18-14(12)17/h2-5,8,12H,6-7H2,1H3. The third kappa shape index (κ3) is 1.97. The average molecular weight is 259 g/mol. The van der Waals surface area contributed by atoms with E-state index in [1.54, 1.807) is 6.20 Å². The lowest BCUT2D eigenvalue weighted by Gasteiger charge is -2.07. The molecule has 0 bridgehead atoms. The molecule has 5 heteroatoms. The number of aryl methyl sites for hydroxylation is 1. The fourth-order valence-corrected chi connectivity index (χ4v) is 2.28. The van der Waals surface area contributed by atoms with E-state index in [-0.39, 0.29) is 0 Å². The number of esters is 2. The molecule has 0 saturated carbocycles. The van der Waals surface area contributed by atoms with Crippen LogP contribution in [0.25, 0.3) is 10.9 Å². The van der Waals surface area contributed by atoms with Crippen LogP contribution in [0.2, 0.25) is 0 Å².